The molecule has 1 saturated heterocycles. The molecule has 0 atom stereocenters. The van der Waals surface area contributed by atoms with E-state index in [9.17, 15) is 26.8 Å². The molecule has 9 nitrogen and oxygen atoms in total. The summed E-state index contributed by atoms with van der Waals surface area (Å²) in [7, 11) is -4.02. The van der Waals surface area contributed by atoms with Crippen LogP contribution in [-0.2, 0) is 14.8 Å². The third kappa shape index (κ3) is 5.22. The van der Waals surface area contributed by atoms with Crippen LogP contribution < -0.4 is 0 Å². The summed E-state index contributed by atoms with van der Waals surface area (Å²) in [5.74, 6) is -4.23. The molecule has 1 amide bonds. The van der Waals surface area contributed by atoms with Crippen LogP contribution in [0.15, 0.2) is 45.0 Å². The van der Waals surface area contributed by atoms with Crippen LogP contribution >= 0.6 is 11.8 Å². The van der Waals surface area contributed by atoms with E-state index in [1.807, 2.05) is 0 Å². The number of alkyl halides is 2. The highest BCUT2D eigenvalue weighted by molar-refractivity contribution is 7.99. The Bertz CT molecular complexity index is 1050. The van der Waals surface area contributed by atoms with Crippen LogP contribution in [-0.4, -0.2) is 73.0 Å². The van der Waals surface area contributed by atoms with Gasteiger partial charge in [0, 0.05) is 32.4 Å². The van der Waals surface area contributed by atoms with Gasteiger partial charge in [0.25, 0.3) is 21.7 Å². The number of hydrogen-bond donors (Lipinski definition) is 0. The van der Waals surface area contributed by atoms with Gasteiger partial charge in [-0.05, 0) is 43.0 Å². The summed E-state index contributed by atoms with van der Waals surface area (Å²) in [5, 5.41) is -0.488. The lowest BCUT2D eigenvalue weighted by atomic mass is 10.2. The second-order valence-electron chi connectivity index (χ2n) is 6.27. The molecular formula is C18H19F2N3O6S2. The van der Waals surface area contributed by atoms with Gasteiger partial charge >= 0.3 is 5.97 Å². The van der Waals surface area contributed by atoms with Gasteiger partial charge in [-0.3, -0.25) is 4.79 Å². The number of carbonyl (C=O) groups excluding carboxylic acids is 2. The maximum atomic E-state index is 12.8. The van der Waals surface area contributed by atoms with Crippen molar-refractivity contribution in [1.29, 1.82) is 0 Å². The van der Waals surface area contributed by atoms with Crippen molar-refractivity contribution in [2.75, 3.05) is 32.8 Å². The SMILES string of the molecule is CCOC(=O)c1ccc(S(=O)(=O)N2CCN(C(=O)c3cccnc3SC(F)F)CC2)o1. The fourth-order valence-corrected chi connectivity index (χ4v) is 4.84. The molecule has 31 heavy (non-hydrogen) atoms. The first kappa shape index (κ1) is 23.2. The molecule has 2 aromatic rings. The number of halogens is 2. The highest BCUT2D eigenvalue weighted by Crippen LogP contribution is 2.28. The lowest BCUT2D eigenvalue weighted by Crippen LogP contribution is -2.50. The molecule has 0 aliphatic carbocycles. The Morgan fingerprint density at radius 2 is 1.94 bits per heavy atom. The Balaban J connectivity index is 1.68. The van der Waals surface area contributed by atoms with Crippen molar-refractivity contribution in [2.45, 2.75) is 22.8 Å². The average Bonchev–Trinajstić information content (AvgIpc) is 3.25. The molecule has 1 aliphatic rings. The molecule has 1 aliphatic heterocycles. The van der Waals surface area contributed by atoms with E-state index in [1.54, 1.807) is 6.92 Å². The lowest BCUT2D eigenvalue weighted by molar-refractivity contribution is 0.0483. The van der Waals surface area contributed by atoms with Crippen molar-refractivity contribution >= 4 is 33.7 Å². The molecule has 0 N–H and O–H groups in total. The Labute approximate surface area is 181 Å². The standard InChI is InChI=1S/C18H19F2N3O6S2/c1-2-28-17(25)13-5-6-14(29-13)31(26,27)23-10-8-22(9-11-23)16(24)12-4-3-7-21-15(12)30-18(19)20/h3-7,18H,2,8-11H2,1H3. The Morgan fingerprint density at radius 3 is 2.58 bits per heavy atom. The quantitative estimate of drug-likeness (QED) is 0.443. The van der Waals surface area contributed by atoms with E-state index in [4.69, 9.17) is 9.15 Å². The molecule has 0 saturated carbocycles. The monoisotopic (exact) mass is 475 g/mol. The number of furan rings is 1. The van der Waals surface area contributed by atoms with E-state index >= 15 is 0 Å². The second-order valence-corrected chi connectivity index (χ2v) is 9.12. The molecular weight excluding hydrogens is 456 g/mol. The van der Waals surface area contributed by atoms with E-state index in [-0.39, 0.29) is 60.9 Å². The number of pyridine rings is 1. The Hall–Kier alpha value is -2.51. The summed E-state index contributed by atoms with van der Waals surface area (Å²) in [4.78, 5) is 29.7. The smallest absolute Gasteiger partial charge is 0.374 e. The van der Waals surface area contributed by atoms with Crippen molar-refractivity contribution in [3.8, 4) is 0 Å². The topological polar surface area (TPSA) is 110 Å². The van der Waals surface area contributed by atoms with Gasteiger partial charge in [-0.25, -0.2) is 18.2 Å². The summed E-state index contributed by atoms with van der Waals surface area (Å²) in [6, 6.07) is 5.27. The van der Waals surface area contributed by atoms with Gasteiger partial charge in [0.05, 0.1) is 12.2 Å². The zero-order valence-electron chi connectivity index (χ0n) is 16.4. The predicted octanol–water partition coefficient (Wildman–Crippen LogP) is 2.31. The van der Waals surface area contributed by atoms with Crippen LogP contribution in [0.4, 0.5) is 8.78 Å². The minimum Gasteiger partial charge on any atom is -0.460 e. The van der Waals surface area contributed by atoms with Crippen LogP contribution in [0.25, 0.3) is 0 Å². The molecule has 0 spiro atoms. The van der Waals surface area contributed by atoms with Crippen molar-refractivity contribution in [3.63, 3.8) is 0 Å². The van der Waals surface area contributed by atoms with E-state index in [2.05, 4.69) is 4.98 Å². The largest absolute Gasteiger partial charge is 0.460 e. The van der Waals surface area contributed by atoms with Crippen LogP contribution in [0.2, 0.25) is 0 Å². The van der Waals surface area contributed by atoms with Crippen molar-refractivity contribution < 1.29 is 35.9 Å². The summed E-state index contributed by atoms with van der Waals surface area (Å²) in [6.45, 7) is 1.78. The summed E-state index contributed by atoms with van der Waals surface area (Å²) in [6.07, 6.45) is 1.32. The number of hydrogen-bond acceptors (Lipinski definition) is 8. The number of ether oxygens (including phenoxy) is 1. The summed E-state index contributed by atoms with van der Waals surface area (Å²) >= 11 is 0.179. The third-order valence-electron chi connectivity index (χ3n) is 4.38. The Kier molecular flexibility index (Phi) is 7.28. The van der Waals surface area contributed by atoms with Gasteiger partial charge in [0.2, 0.25) is 10.9 Å². The van der Waals surface area contributed by atoms with E-state index in [0.29, 0.717) is 0 Å². The number of sulfonamides is 1. The molecule has 168 valence electrons. The first-order valence-electron chi connectivity index (χ1n) is 9.20. The summed E-state index contributed by atoms with van der Waals surface area (Å²) < 4.78 is 62.1. The number of rotatable bonds is 7. The summed E-state index contributed by atoms with van der Waals surface area (Å²) in [5.41, 5.74) is 0.0363. The average molecular weight is 475 g/mol. The molecule has 13 heteroatoms. The first-order valence-corrected chi connectivity index (χ1v) is 11.5. The molecule has 3 rings (SSSR count). The van der Waals surface area contributed by atoms with Crippen LogP contribution in [0.5, 0.6) is 0 Å². The molecule has 0 aromatic carbocycles. The predicted molar refractivity (Wildman–Crippen MR) is 105 cm³/mol. The van der Waals surface area contributed by atoms with Gasteiger partial charge in [0.15, 0.2) is 0 Å². The maximum Gasteiger partial charge on any atom is 0.374 e. The number of aromatic nitrogens is 1. The number of carbonyl (C=O) groups is 2. The zero-order valence-corrected chi connectivity index (χ0v) is 18.0. The minimum absolute atomic E-state index is 0.0267. The van der Waals surface area contributed by atoms with Crippen molar-refractivity contribution in [3.05, 3.63) is 41.8 Å². The highest BCUT2D eigenvalue weighted by atomic mass is 32.2. The molecule has 0 unspecified atom stereocenters. The Morgan fingerprint density at radius 1 is 1.23 bits per heavy atom. The second kappa shape index (κ2) is 9.75. The number of piperazine rings is 1. The third-order valence-corrected chi connectivity index (χ3v) is 6.88. The molecule has 0 bridgehead atoms. The van der Waals surface area contributed by atoms with Crippen molar-refractivity contribution in [1.82, 2.24) is 14.2 Å². The number of thioether (sulfide) groups is 1. The molecule has 2 aromatic heterocycles. The number of amides is 1. The lowest BCUT2D eigenvalue weighted by Gasteiger charge is -2.33. The van der Waals surface area contributed by atoms with E-state index in [0.717, 1.165) is 4.31 Å². The molecule has 3 heterocycles. The van der Waals surface area contributed by atoms with Gasteiger partial charge in [0.1, 0.15) is 5.03 Å². The van der Waals surface area contributed by atoms with Crippen molar-refractivity contribution in [2.24, 2.45) is 0 Å². The normalized spacial score (nSPS) is 15.3. The molecule has 1 fully saturated rings. The fourth-order valence-electron chi connectivity index (χ4n) is 2.93. The first-order chi connectivity index (χ1) is 14.7. The van der Waals surface area contributed by atoms with Crippen LogP contribution in [0.1, 0.15) is 27.8 Å². The minimum atomic E-state index is -4.02. The van der Waals surface area contributed by atoms with Gasteiger partial charge in [-0.1, -0.05) is 0 Å². The zero-order chi connectivity index (χ0) is 22.6. The van der Waals surface area contributed by atoms with E-state index < -0.39 is 32.7 Å². The fraction of sp³-hybridized carbons (Fsp3) is 0.389. The van der Waals surface area contributed by atoms with Gasteiger partial charge in [-0.15, -0.1) is 0 Å². The van der Waals surface area contributed by atoms with Crippen LogP contribution in [0.3, 0.4) is 0 Å². The highest BCUT2D eigenvalue weighted by Gasteiger charge is 2.33. The van der Waals surface area contributed by atoms with Crippen LogP contribution in [0, 0.1) is 0 Å². The number of esters is 1. The number of nitrogens with zero attached hydrogens (tertiary/aromatic N) is 3. The van der Waals surface area contributed by atoms with Gasteiger partial charge < -0.3 is 14.1 Å². The van der Waals surface area contributed by atoms with E-state index in [1.165, 1.54) is 35.4 Å². The maximum absolute atomic E-state index is 12.8. The molecule has 0 radical (unpaired) electrons. The van der Waals surface area contributed by atoms with Gasteiger partial charge in [-0.2, -0.15) is 13.1 Å².